The van der Waals surface area contributed by atoms with E-state index in [0.29, 0.717) is 22.6 Å². The predicted octanol–water partition coefficient (Wildman–Crippen LogP) is 4.71. The quantitative estimate of drug-likeness (QED) is 0.570. The van der Waals surface area contributed by atoms with Crippen LogP contribution in [0.1, 0.15) is 35.3 Å². The minimum Gasteiger partial charge on any atom is -0.332 e. The summed E-state index contributed by atoms with van der Waals surface area (Å²) in [6.07, 6.45) is 0. The minimum atomic E-state index is -3.41. The monoisotopic (exact) mass is 407 g/mol. The molecule has 0 N–H and O–H groups in total. The predicted molar refractivity (Wildman–Crippen MR) is 115 cm³/mol. The van der Waals surface area contributed by atoms with E-state index in [9.17, 15) is 13.2 Å². The van der Waals surface area contributed by atoms with Gasteiger partial charge in [-0.15, -0.1) is 0 Å². The molecule has 0 spiro atoms. The van der Waals surface area contributed by atoms with Crippen LogP contribution in [0.4, 0.5) is 0 Å². The molecule has 0 atom stereocenters. The number of hydrogen-bond donors (Lipinski definition) is 0. The topological polar surface area (TPSA) is 54.5 Å². The standard InChI is InChI=1S/C24H25NO3S/c1-19(2)25(17-20-9-5-3-6-10-20)24(26)22-15-13-21(14-16-22)18-29(27,28)23-11-7-4-8-12-23/h3-16,19H,17-18H2,1-2H3. The van der Waals surface area contributed by atoms with Crippen molar-refractivity contribution < 1.29 is 13.2 Å². The molecular weight excluding hydrogens is 382 g/mol. The zero-order chi connectivity index (χ0) is 20.9. The van der Waals surface area contributed by atoms with E-state index >= 15 is 0 Å². The molecular formula is C24H25NO3S. The molecule has 3 aromatic carbocycles. The van der Waals surface area contributed by atoms with Crippen LogP contribution in [0.5, 0.6) is 0 Å². The lowest BCUT2D eigenvalue weighted by atomic mass is 10.1. The summed E-state index contributed by atoms with van der Waals surface area (Å²) in [7, 11) is -3.41. The zero-order valence-electron chi connectivity index (χ0n) is 16.7. The van der Waals surface area contributed by atoms with Gasteiger partial charge in [0.2, 0.25) is 0 Å². The molecule has 0 heterocycles. The number of carbonyl (C=O) groups is 1. The average molecular weight is 408 g/mol. The Bertz CT molecular complexity index is 1040. The lowest BCUT2D eigenvalue weighted by Crippen LogP contribution is -2.36. The van der Waals surface area contributed by atoms with Crippen LogP contribution in [-0.4, -0.2) is 25.3 Å². The lowest BCUT2D eigenvalue weighted by molar-refractivity contribution is 0.0690. The number of nitrogens with zero attached hydrogens (tertiary/aromatic N) is 1. The van der Waals surface area contributed by atoms with Crippen LogP contribution in [-0.2, 0) is 22.1 Å². The van der Waals surface area contributed by atoms with Crippen LogP contribution in [0, 0.1) is 0 Å². The number of amides is 1. The van der Waals surface area contributed by atoms with Crippen molar-refractivity contribution in [2.24, 2.45) is 0 Å². The molecule has 3 aromatic rings. The fourth-order valence-electron chi connectivity index (χ4n) is 3.11. The molecule has 0 aliphatic rings. The highest BCUT2D eigenvalue weighted by molar-refractivity contribution is 7.90. The van der Waals surface area contributed by atoms with Crippen LogP contribution < -0.4 is 0 Å². The van der Waals surface area contributed by atoms with Gasteiger partial charge in [0.1, 0.15) is 0 Å². The van der Waals surface area contributed by atoms with E-state index in [-0.39, 0.29) is 17.7 Å². The maximum Gasteiger partial charge on any atom is 0.254 e. The second-order valence-corrected chi connectivity index (χ2v) is 9.27. The molecule has 0 saturated heterocycles. The number of sulfone groups is 1. The normalized spacial score (nSPS) is 11.4. The number of carbonyl (C=O) groups excluding carboxylic acids is 1. The third-order valence-electron chi connectivity index (χ3n) is 4.74. The van der Waals surface area contributed by atoms with Crippen molar-refractivity contribution in [2.75, 3.05) is 0 Å². The maximum absolute atomic E-state index is 13.0. The Morgan fingerprint density at radius 2 is 1.34 bits per heavy atom. The number of hydrogen-bond acceptors (Lipinski definition) is 3. The van der Waals surface area contributed by atoms with Crippen molar-refractivity contribution in [1.82, 2.24) is 4.90 Å². The molecule has 0 aliphatic carbocycles. The van der Waals surface area contributed by atoms with Crippen molar-refractivity contribution in [3.8, 4) is 0 Å². The first kappa shape index (κ1) is 20.8. The van der Waals surface area contributed by atoms with Gasteiger partial charge < -0.3 is 4.90 Å². The van der Waals surface area contributed by atoms with Crippen LogP contribution >= 0.6 is 0 Å². The summed E-state index contributed by atoms with van der Waals surface area (Å²) in [5, 5.41) is 0. The van der Waals surface area contributed by atoms with Crippen LogP contribution in [0.2, 0.25) is 0 Å². The molecule has 0 unspecified atom stereocenters. The SMILES string of the molecule is CC(C)N(Cc1ccccc1)C(=O)c1ccc(CS(=O)(=O)c2ccccc2)cc1. The molecule has 0 aromatic heterocycles. The Hall–Kier alpha value is -2.92. The second kappa shape index (κ2) is 9.05. The Labute approximate surface area is 172 Å². The first-order chi connectivity index (χ1) is 13.9. The summed E-state index contributed by atoms with van der Waals surface area (Å²) >= 11 is 0. The number of benzene rings is 3. The van der Waals surface area contributed by atoms with Gasteiger partial charge >= 0.3 is 0 Å². The molecule has 150 valence electrons. The van der Waals surface area contributed by atoms with Gasteiger partial charge in [0, 0.05) is 18.2 Å². The van der Waals surface area contributed by atoms with Gasteiger partial charge in [-0.3, -0.25) is 4.79 Å². The Balaban J connectivity index is 1.75. The van der Waals surface area contributed by atoms with Gasteiger partial charge in [0.25, 0.3) is 5.91 Å². The first-order valence-corrected chi connectivity index (χ1v) is 11.2. The summed E-state index contributed by atoms with van der Waals surface area (Å²) in [4.78, 5) is 15.1. The minimum absolute atomic E-state index is 0.0424. The molecule has 0 saturated carbocycles. The molecule has 0 radical (unpaired) electrons. The summed E-state index contributed by atoms with van der Waals surface area (Å²) in [6, 6.07) is 25.2. The molecule has 0 bridgehead atoms. The highest BCUT2D eigenvalue weighted by atomic mass is 32.2. The second-order valence-electron chi connectivity index (χ2n) is 7.28. The summed E-state index contributed by atoms with van der Waals surface area (Å²) < 4.78 is 25.1. The first-order valence-electron chi connectivity index (χ1n) is 9.58. The fourth-order valence-corrected chi connectivity index (χ4v) is 4.48. The van der Waals surface area contributed by atoms with Crippen LogP contribution in [0.3, 0.4) is 0 Å². The molecule has 1 amide bonds. The molecule has 29 heavy (non-hydrogen) atoms. The summed E-state index contributed by atoms with van der Waals surface area (Å²) in [5.74, 6) is -0.162. The van der Waals surface area contributed by atoms with Crippen molar-refractivity contribution in [2.45, 2.75) is 37.1 Å². The maximum atomic E-state index is 13.0. The van der Waals surface area contributed by atoms with E-state index in [1.54, 1.807) is 54.6 Å². The average Bonchev–Trinajstić information content (AvgIpc) is 2.73. The van der Waals surface area contributed by atoms with Crippen LogP contribution in [0.25, 0.3) is 0 Å². The van der Waals surface area contributed by atoms with E-state index < -0.39 is 9.84 Å². The highest BCUT2D eigenvalue weighted by Crippen LogP contribution is 2.18. The van der Waals surface area contributed by atoms with E-state index in [1.807, 2.05) is 49.1 Å². The molecule has 5 heteroatoms. The molecule has 3 rings (SSSR count). The van der Waals surface area contributed by atoms with Crippen molar-refractivity contribution in [3.63, 3.8) is 0 Å². The smallest absolute Gasteiger partial charge is 0.254 e. The van der Waals surface area contributed by atoms with E-state index in [4.69, 9.17) is 0 Å². The van der Waals surface area contributed by atoms with Gasteiger partial charge in [0.15, 0.2) is 9.84 Å². The van der Waals surface area contributed by atoms with E-state index in [0.717, 1.165) is 5.56 Å². The molecule has 0 fully saturated rings. The highest BCUT2D eigenvalue weighted by Gasteiger charge is 2.20. The molecule has 0 aliphatic heterocycles. The van der Waals surface area contributed by atoms with Crippen LogP contribution in [0.15, 0.2) is 89.8 Å². The fraction of sp³-hybridized carbons (Fsp3) is 0.208. The Kier molecular flexibility index (Phi) is 6.49. The Morgan fingerprint density at radius 3 is 1.90 bits per heavy atom. The number of rotatable bonds is 7. The Morgan fingerprint density at radius 1 is 0.793 bits per heavy atom. The van der Waals surface area contributed by atoms with Gasteiger partial charge in [-0.05, 0) is 49.2 Å². The van der Waals surface area contributed by atoms with Gasteiger partial charge in [0.05, 0.1) is 10.6 Å². The van der Waals surface area contributed by atoms with Crippen molar-refractivity contribution in [1.29, 1.82) is 0 Å². The van der Waals surface area contributed by atoms with E-state index in [2.05, 4.69) is 0 Å². The van der Waals surface area contributed by atoms with Gasteiger partial charge in [-0.1, -0.05) is 60.7 Å². The van der Waals surface area contributed by atoms with E-state index in [1.165, 1.54) is 0 Å². The largest absolute Gasteiger partial charge is 0.332 e. The lowest BCUT2D eigenvalue weighted by Gasteiger charge is -2.27. The third-order valence-corrected chi connectivity index (χ3v) is 6.44. The summed E-state index contributed by atoms with van der Waals surface area (Å²) in [6.45, 7) is 4.50. The van der Waals surface area contributed by atoms with Crippen molar-refractivity contribution in [3.05, 3.63) is 102 Å². The zero-order valence-corrected chi connectivity index (χ0v) is 17.5. The third kappa shape index (κ3) is 5.33. The van der Waals surface area contributed by atoms with Gasteiger partial charge in [-0.2, -0.15) is 0 Å². The molecule has 4 nitrogen and oxygen atoms in total. The van der Waals surface area contributed by atoms with Crippen molar-refractivity contribution >= 4 is 15.7 Å². The van der Waals surface area contributed by atoms with Gasteiger partial charge in [-0.25, -0.2) is 8.42 Å². The summed E-state index contributed by atoms with van der Waals surface area (Å²) in [5.41, 5.74) is 2.28.